The molecule has 0 aliphatic carbocycles. The van der Waals surface area contributed by atoms with E-state index < -0.39 is 0 Å². The van der Waals surface area contributed by atoms with Crippen molar-refractivity contribution in [3.05, 3.63) is 28.8 Å². The number of nitrogens with one attached hydrogen (secondary N) is 2. The van der Waals surface area contributed by atoms with Crippen LogP contribution in [0.3, 0.4) is 0 Å². The molecule has 0 radical (unpaired) electrons. The molecule has 0 bridgehead atoms. The van der Waals surface area contributed by atoms with E-state index in [9.17, 15) is 4.79 Å². The summed E-state index contributed by atoms with van der Waals surface area (Å²) in [5.41, 5.74) is 8.15. The summed E-state index contributed by atoms with van der Waals surface area (Å²) in [4.78, 5) is 18.1. The van der Waals surface area contributed by atoms with Crippen molar-refractivity contribution in [2.24, 2.45) is 5.10 Å². The summed E-state index contributed by atoms with van der Waals surface area (Å²) in [6.07, 6.45) is 1.65. The van der Waals surface area contributed by atoms with Crippen LogP contribution in [-0.2, 0) is 9.63 Å². The van der Waals surface area contributed by atoms with Crippen LogP contribution < -0.4 is 10.7 Å². The predicted molar refractivity (Wildman–Crippen MR) is 88.4 cm³/mol. The third-order valence-corrected chi connectivity index (χ3v) is 5.47. The minimum Gasteiger partial charge on any atom is -0.344 e. The quantitative estimate of drug-likeness (QED) is 0.828. The van der Waals surface area contributed by atoms with Gasteiger partial charge in [-0.05, 0) is 43.4 Å². The van der Waals surface area contributed by atoms with Crippen molar-refractivity contribution < 1.29 is 9.63 Å². The van der Waals surface area contributed by atoms with Crippen LogP contribution in [0.1, 0.15) is 35.4 Å². The first-order chi connectivity index (χ1) is 11.1. The number of hydrogen-bond donors (Lipinski definition) is 2. The molecule has 1 atom stereocenters. The van der Waals surface area contributed by atoms with Gasteiger partial charge in [0.1, 0.15) is 5.92 Å². The summed E-state index contributed by atoms with van der Waals surface area (Å²) >= 11 is 0. The number of amides is 1. The largest absolute Gasteiger partial charge is 0.344 e. The Hall–Kier alpha value is -1.92. The smallest absolute Gasteiger partial charge is 0.234 e. The molecule has 1 unspecified atom stereocenters. The molecule has 1 aromatic rings. The number of piperidine rings is 1. The van der Waals surface area contributed by atoms with E-state index in [-0.39, 0.29) is 17.4 Å². The first-order valence-electron chi connectivity index (χ1n) is 8.11. The number of hydrazone groups is 1. The Morgan fingerprint density at radius 1 is 1.26 bits per heavy atom. The van der Waals surface area contributed by atoms with Gasteiger partial charge in [-0.3, -0.25) is 10.2 Å². The van der Waals surface area contributed by atoms with E-state index >= 15 is 0 Å². The highest BCUT2D eigenvalue weighted by atomic mass is 16.7. The fourth-order valence-electron chi connectivity index (χ4n) is 4.11. The van der Waals surface area contributed by atoms with Crippen molar-refractivity contribution in [2.75, 3.05) is 25.6 Å². The maximum Gasteiger partial charge on any atom is 0.234 e. The lowest BCUT2D eigenvalue weighted by atomic mass is 9.78. The van der Waals surface area contributed by atoms with Gasteiger partial charge in [0.2, 0.25) is 5.91 Å². The molecule has 23 heavy (non-hydrogen) atoms. The van der Waals surface area contributed by atoms with Gasteiger partial charge < -0.3 is 10.2 Å². The first-order valence-corrected chi connectivity index (χ1v) is 8.11. The Balaban J connectivity index is 1.76. The van der Waals surface area contributed by atoms with E-state index in [2.05, 4.69) is 34.9 Å². The van der Waals surface area contributed by atoms with Crippen molar-refractivity contribution in [3.63, 3.8) is 0 Å². The average Bonchev–Trinajstić information content (AvgIpc) is 2.84. The molecule has 0 aromatic heterocycles. The monoisotopic (exact) mass is 314 g/mol. The van der Waals surface area contributed by atoms with Crippen LogP contribution in [0.15, 0.2) is 17.2 Å². The fourth-order valence-corrected chi connectivity index (χ4v) is 4.11. The number of carbonyl (C=O) groups is 1. The SMILES string of the molecule is CON1CCC2(CC1)NC(=O)C1C2=NNc2c(C)ccc(C)c21. The Morgan fingerprint density at radius 3 is 2.65 bits per heavy atom. The van der Waals surface area contributed by atoms with Crippen molar-refractivity contribution >= 4 is 17.3 Å². The van der Waals surface area contributed by atoms with Gasteiger partial charge in [-0.2, -0.15) is 10.2 Å². The summed E-state index contributed by atoms with van der Waals surface area (Å²) in [7, 11) is 1.69. The molecular weight excluding hydrogens is 292 g/mol. The van der Waals surface area contributed by atoms with Crippen LogP contribution in [0.5, 0.6) is 0 Å². The molecule has 0 saturated carbocycles. The summed E-state index contributed by atoms with van der Waals surface area (Å²) < 4.78 is 0. The van der Waals surface area contributed by atoms with Crippen molar-refractivity contribution in [2.45, 2.75) is 38.1 Å². The molecule has 1 aromatic carbocycles. The third-order valence-electron chi connectivity index (χ3n) is 5.47. The number of aryl methyl sites for hydroxylation is 2. The number of anilines is 1. The zero-order chi connectivity index (χ0) is 16.2. The maximum absolute atomic E-state index is 12.8. The van der Waals surface area contributed by atoms with E-state index in [1.165, 1.54) is 0 Å². The highest BCUT2D eigenvalue weighted by molar-refractivity contribution is 6.21. The Bertz CT molecular complexity index is 705. The van der Waals surface area contributed by atoms with Crippen molar-refractivity contribution in [3.8, 4) is 0 Å². The molecule has 122 valence electrons. The van der Waals surface area contributed by atoms with Gasteiger partial charge in [0.05, 0.1) is 24.0 Å². The second kappa shape index (κ2) is 5.04. The van der Waals surface area contributed by atoms with E-state index in [0.717, 1.165) is 54.0 Å². The summed E-state index contributed by atoms with van der Waals surface area (Å²) in [5.74, 6) is -0.189. The van der Waals surface area contributed by atoms with Gasteiger partial charge in [-0.25, -0.2) is 0 Å². The Labute approximate surface area is 135 Å². The lowest BCUT2D eigenvalue weighted by Gasteiger charge is -2.39. The predicted octanol–water partition coefficient (Wildman–Crippen LogP) is 1.69. The van der Waals surface area contributed by atoms with Crippen LogP contribution in [0.2, 0.25) is 0 Å². The van der Waals surface area contributed by atoms with Crippen LogP contribution >= 0.6 is 0 Å². The zero-order valence-corrected chi connectivity index (χ0v) is 13.8. The van der Waals surface area contributed by atoms with Crippen LogP contribution in [-0.4, -0.2) is 42.4 Å². The van der Waals surface area contributed by atoms with E-state index in [1.807, 2.05) is 12.0 Å². The average molecular weight is 314 g/mol. The van der Waals surface area contributed by atoms with Crippen molar-refractivity contribution in [1.82, 2.24) is 10.4 Å². The number of benzene rings is 1. The summed E-state index contributed by atoms with van der Waals surface area (Å²) in [6, 6.07) is 4.16. The highest BCUT2D eigenvalue weighted by Gasteiger charge is 2.54. The molecule has 1 spiro atoms. The molecule has 2 saturated heterocycles. The lowest BCUT2D eigenvalue weighted by Crippen LogP contribution is -2.54. The van der Waals surface area contributed by atoms with Gasteiger partial charge in [-0.1, -0.05) is 12.1 Å². The second-order valence-electron chi connectivity index (χ2n) is 6.71. The molecule has 1 amide bonds. The minimum absolute atomic E-state index is 0.0751. The molecule has 6 heteroatoms. The zero-order valence-electron chi connectivity index (χ0n) is 13.8. The molecule has 2 N–H and O–H groups in total. The van der Waals surface area contributed by atoms with Crippen molar-refractivity contribution in [1.29, 1.82) is 0 Å². The van der Waals surface area contributed by atoms with E-state index in [4.69, 9.17) is 4.84 Å². The van der Waals surface area contributed by atoms with Gasteiger partial charge in [0.25, 0.3) is 0 Å². The van der Waals surface area contributed by atoms with Crippen LogP contribution in [0.25, 0.3) is 0 Å². The topological polar surface area (TPSA) is 66.0 Å². The number of fused-ring (bicyclic) bond motifs is 4. The van der Waals surface area contributed by atoms with E-state index in [1.54, 1.807) is 7.11 Å². The number of hydrogen-bond acceptors (Lipinski definition) is 5. The number of hydroxylamine groups is 2. The third kappa shape index (κ3) is 2.01. The van der Waals surface area contributed by atoms with Crippen LogP contribution in [0, 0.1) is 13.8 Å². The Morgan fingerprint density at radius 2 is 1.96 bits per heavy atom. The summed E-state index contributed by atoms with van der Waals surface area (Å²) in [6.45, 7) is 5.70. The molecular formula is C17H22N4O2. The van der Waals surface area contributed by atoms with Gasteiger partial charge in [-0.15, -0.1) is 0 Å². The first kappa shape index (κ1) is 14.7. The molecule has 3 heterocycles. The molecule has 3 aliphatic rings. The van der Waals surface area contributed by atoms with Gasteiger partial charge in [0, 0.05) is 13.1 Å². The number of rotatable bonds is 1. The molecule has 4 rings (SSSR count). The molecule has 3 aliphatic heterocycles. The number of carbonyl (C=O) groups excluding carboxylic acids is 1. The maximum atomic E-state index is 12.8. The van der Waals surface area contributed by atoms with Gasteiger partial charge >= 0.3 is 0 Å². The van der Waals surface area contributed by atoms with E-state index in [0.29, 0.717) is 0 Å². The molecule has 2 fully saturated rings. The Kier molecular flexibility index (Phi) is 3.21. The minimum atomic E-state index is -0.336. The highest BCUT2D eigenvalue weighted by Crippen LogP contribution is 2.44. The summed E-state index contributed by atoms with van der Waals surface area (Å²) in [5, 5.41) is 9.82. The number of nitrogens with zero attached hydrogens (tertiary/aromatic N) is 2. The normalized spacial score (nSPS) is 25.4. The second-order valence-corrected chi connectivity index (χ2v) is 6.71. The molecule has 6 nitrogen and oxygen atoms in total. The van der Waals surface area contributed by atoms with Gasteiger partial charge in [0.15, 0.2) is 0 Å². The standard InChI is InChI=1S/C17H22N4O2/c1-10-4-5-11(2)14-12(10)13-15(20-19-14)17(18-16(13)22)6-8-21(23-3)9-7-17/h4-5,13,19H,6-9H2,1-3H3,(H,18,22). The van der Waals surface area contributed by atoms with Crippen LogP contribution in [0.4, 0.5) is 5.69 Å². The lowest BCUT2D eigenvalue weighted by molar-refractivity contribution is -0.148. The fraction of sp³-hybridized carbons (Fsp3) is 0.529.